The molecule has 3 aromatic rings. The fourth-order valence-corrected chi connectivity index (χ4v) is 2.89. The van der Waals surface area contributed by atoms with Gasteiger partial charge in [-0.15, -0.1) is 0 Å². The molecule has 0 saturated heterocycles. The Labute approximate surface area is 117 Å². The van der Waals surface area contributed by atoms with Gasteiger partial charge in [0.25, 0.3) is 0 Å². The maximum absolute atomic E-state index is 10.8. The summed E-state index contributed by atoms with van der Waals surface area (Å²) in [4.78, 5) is 16.5. The van der Waals surface area contributed by atoms with Gasteiger partial charge in [-0.1, -0.05) is 35.1 Å². The smallest absolute Gasteiger partial charge is 0.195 e. The lowest BCUT2D eigenvalue weighted by Gasteiger charge is -2.01. The first kappa shape index (κ1) is 12.3. The van der Waals surface area contributed by atoms with Gasteiger partial charge in [0.1, 0.15) is 0 Å². The molecule has 0 fully saturated rings. The van der Waals surface area contributed by atoms with E-state index in [0.717, 1.165) is 11.8 Å². The normalized spacial score (nSPS) is 11.1. The van der Waals surface area contributed by atoms with Gasteiger partial charge in [0, 0.05) is 16.8 Å². The molecule has 2 heterocycles. The Hall–Kier alpha value is -1.69. The average molecular weight is 293 g/mol. The molecule has 1 aromatic carbocycles. The van der Waals surface area contributed by atoms with Crippen LogP contribution in [0.25, 0.3) is 16.2 Å². The number of fused-ring (bicyclic) bond motifs is 1. The first-order valence-corrected chi connectivity index (χ1v) is 6.75. The highest BCUT2D eigenvalue weighted by atomic mass is 35.5. The third-order valence-corrected chi connectivity index (χ3v) is 3.99. The van der Waals surface area contributed by atoms with Crippen molar-refractivity contribution in [1.82, 2.24) is 9.38 Å². The van der Waals surface area contributed by atoms with Gasteiger partial charge in [0.05, 0.1) is 22.9 Å². The predicted molar refractivity (Wildman–Crippen MR) is 74.8 cm³/mol. The molecule has 0 aliphatic carbocycles. The number of aliphatic hydroxyl groups excluding tert-OH is 1. The zero-order valence-corrected chi connectivity index (χ0v) is 11.3. The Morgan fingerprint density at radius 2 is 2.11 bits per heavy atom. The van der Waals surface area contributed by atoms with Crippen LogP contribution in [0.15, 0.2) is 30.5 Å². The van der Waals surface area contributed by atoms with E-state index in [2.05, 4.69) is 4.98 Å². The van der Waals surface area contributed by atoms with Crippen molar-refractivity contribution < 1.29 is 9.90 Å². The number of aliphatic hydroxyl groups is 1. The van der Waals surface area contributed by atoms with Crippen molar-refractivity contribution in [2.24, 2.45) is 0 Å². The van der Waals surface area contributed by atoms with Crippen LogP contribution in [0.4, 0.5) is 0 Å². The third-order valence-electron chi connectivity index (χ3n) is 2.83. The molecule has 0 aliphatic rings. The first-order chi connectivity index (χ1) is 9.22. The van der Waals surface area contributed by atoms with Gasteiger partial charge < -0.3 is 5.11 Å². The molecular weight excluding hydrogens is 284 g/mol. The summed E-state index contributed by atoms with van der Waals surface area (Å²) < 4.78 is 1.75. The second kappa shape index (κ2) is 4.77. The van der Waals surface area contributed by atoms with Gasteiger partial charge >= 0.3 is 0 Å². The molecule has 19 heavy (non-hydrogen) atoms. The van der Waals surface area contributed by atoms with Crippen molar-refractivity contribution >= 4 is 34.2 Å². The molecule has 0 radical (unpaired) electrons. The quantitative estimate of drug-likeness (QED) is 0.755. The highest BCUT2D eigenvalue weighted by Gasteiger charge is 2.15. The summed E-state index contributed by atoms with van der Waals surface area (Å²) in [5.74, 6) is 0. The summed E-state index contributed by atoms with van der Waals surface area (Å²) in [6, 6.07) is 7.27. The molecule has 0 bridgehead atoms. The van der Waals surface area contributed by atoms with E-state index in [4.69, 9.17) is 11.6 Å². The summed E-state index contributed by atoms with van der Waals surface area (Å²) in [7, 11) is 0. The summed E-state index contributed by atoms with van der Waals surface area (Å²) in [6.45, 7) is -0.145. The molecule has 0 spiro atoms. The molecular formula is C13H9ClN2O2S. The van der Waals surface area contributed by atoms with Crippen LogP contribution in [0.1, 0.15) is 15.4 Å². The number of aromatic nitrogens is 2. The van der Waals surface area contributed by atoms with E-state index in [1.54, 1.807) is 22.7 Å². The van der Waals surface area contributed by atoms with E-state index in [9.17, 15) is 9.90 Å². The number of rotatable bonds is 3. The minimum Gasteiger partial charge on any atom is -0.390 e. The average Bonchev–Trinajstić information content (AvgIpc) is 2.96. The Bertz CT molecular complexity index is 746. The number of carbonyl (C=O) groups is 1. The Balaban J connectivity index is 2.20. The maximum atomic E-state index is 10.8. The standard InChI is InChI=1S/C13H9ClN2O2S/c14-9-3-1-8(2-4-9)12-11(7-18)16-5-10(6-17)19-13(16)15-12/h1-6,18H,7H2. The molecule has 0 aliphatic heterocycles. The van der Waals surface area contributed by atoms with Gasteiger partial charge in [-0.05, 0) is 12.1 Å². The monoisotopic (exact) mass is 292 g/mol. The topological polar surface area (TPSA) is 54.6 Å². The van der Waals surface area contributed by atoms with Crippen molar-refractivity contribution in [3.63, 3.8) is 0 Å². The van der Waals surface area contributed by atoms with E-state index in [-0.39, 0.29) is 6.61 Å². The fraction of sp³-hybridized carbons (Fsp3) is 0.0769. The van der Waals surface area contributed by atoms with Crippen molar-refractivity contribution in [2.45, 2.75) is 6.61 Å². The maximum Gasteiger partial charge on any atom is 0.195 e. The number of halogens is 1. The van der Waals surface area contributed by atoms with E-state index < -0.39 is 0 Å². The molecule has 1 N–H and O–H groups in total. The van der Waals surface area contributed by atoms with E-state index >= 15 is 0 Å². The molecule has 4 nitrogen and oxygen atoms in total. The van der Waals surface area contributed by atoms with E-state index in [1.165, 1.54) is 11.3 Å². The van der Waals surface area contributed by atoms with Crippen molar-refractivity contribution in [1.29, 1.82) is 0 Å². The number of hydrogen-bond acceptors (Lipinski definition) is 4. The van der Waals surface area contributed by atoms with Crippen LogP contribution in [0.5, 0.6) is 0 Å². The molecule has 0 unspecified atom stereocenters. The lowest BCUT2D eigenvalue weighted by molar-refractivity contribution is 0.112. The molecule has 96 valence electrons. The minimum atomic E-state index is -0.145. The van der Waals surface area contributed by atoms with Crippen LogP contribution in [0, 0.1) is 0 Å². The SMILES string of the molecule is O=Cc1cn2c(CO)c(-c3ccc(Cl)cc3)nc2s1. The van der Waals surface area contributed by atoms with E-state index in [1.807, 2.05) is 12.1 Å². The van der Waals surface area contributed by atoms with Crippen molar-refractivity contribution in [2.75, 3.05) is 0 Å². The number of aldehydes is 1. The van der Waals surface area contributed by atoms with Crippen LogP contribution in [-0.4, -0.2) is 20.8 Å². The van der Waals surface area contributed by atoms with Gasteiger partial charge in [-0.25, -0.2) is 4.98 Å². The Morgan fingerprint density at radius 1 is 1.37 bits per heavy atom. The van der Waals surface area contributed by atoms with Crippen LogP contribution in [0.3, 0.4) is 0 Å². The number of carbonyl (C=O) groups excluding carboxylic acids is 1. The number of benzene rings is 1. The summed E-state index contributed by atoms with van der Waals surface area (Å²) in [6.07, 6.45) is 2.47. The third kappa shape index (κ3) is 2.06. The van der Waals surface area contributed by atoms with Gasteiger partial charge in [-0.2, -0.15) is 0 Å². The Kier molecular flexibility index (Phi) is 3.10. The van der Waals surface area contributed by atoms with Crippen LogP contribution >= 0.6 is 22.9 Å². The Morgan fingerprint density at radius 3 is 2.74 bits per heavy atom. The lowest BCUT2D eigenvalue weighted by Crippen LogP contribution is -1.92. The number of imidazole rings is 1. The van der Waals surface area contributed by atoms with E-state index in [0.29, 0.717) is 26.2 Å². The van der Waals surface area contributed by atoms with Gasteiger partial charge in [0.15, 0.2) is 11.2 Å². The summed E-state index contributed by atoms with van der Waals surface area (Å²) in [5, 5.41) is 10.2. The molecule has 6 heteroatoms. The molecule has 0 atom stereocenters. The molecule has 0 amide bonds. The van der Waals surface area contributed by atoms with Gasteiger partial charge in [-0.3, -0.25) is 9.20 Å². The summed E-state index contributed by atoms with van der Waals surface area (Å²) in [5.41, 5.74) is 2.27. The molecule has 3 rings (SSSR count). The van der Waals surface area contributed by atoms with Crippen molar-refractivity contribution in [3.8, 4) is 11.3 Å². The largest absolute Gasteiger partial charge is 0.390 e. The molecule has 2 aromatic heterocycles. The highest BCUT2D eigenvalue weighted by molar-refractivity contribution is 7.18. The van der Waals surface area contributed by atoms with Crippen LogP contribution in [0.2, 0.25) is 5.02 Å². The lowest BCUT2D eigenvalue weighted by atomic mass is 10.1. The first-order valence-electron chi connectivity index (χ1n) is 5.55. The second-order valence-corrected chi connectivity index (χ2v) is 5.45. The number of hydrogen-bond donors (Lipinski definition) is 1. The number of thiazole rings is 1. The van der Waals surface area contributed by atoms with Gasteiger partial charge in [0.2, 0.25) is 0 Å². The second-order valence-electron chi connectivity index (χ2n) is 3.98. The highest BCUT2D eigenvalue weighted by Crippen LogP contribution is 2.28. The van der Waals surface area contributed by atoms with Crippen LogP contribution in [-0.2, 0) is 6.61 Å². The van der Waals surface area contributed by atoms with Crippen LogP contribution < -0.4 is 0 Å². The fourth-order valence-electron chi connectivity index (χ4n) is 1.95. The minimum absolute atomic E-state index is 0.145. The summed E-state index contributed by atoms with van der Waals surface area (Å²) >= 11 is 7.15. The predicted octanol–water partition coefficient (Wildman–Crippen LogP) is 3.02. The number of nitrogens with zero attached hydrogens (tertiary/aromatic N) is 2. The zero-order valence-electron chi connectivity index (χ0n) is 9.71. The van der Waals surface area contributed by atoms with Crippen molar-refractivity contribution in [3.05, 3.63) is 46.1 Å². The zero-order chi connectivity index (χ0) is 13.4. The molecule has 0 saturated carbocycles.